The molecule has 1 unspecified atom stereocenters. The number of halogens is 3. The fourth-order valence-corrected chi connectivity index (χ4v) is 3.33. The molecule has 1 aliphatic heterocycles. The summed E-state index contributed by atoms with van der Waals surface area (Å²) in [6, 6.07) is 5.92. The highest BCUT2D eigenvalue weighted by Crippen LogP contribution is 2.44. The molecule has 0 bridgehead atoms. The number of carbonyl (C=O) groups is 1. The van der Waals surface area contributed by atoms with Gasteiger partial charge in [-0.15, -0.1) is 0 Å². The van der Waals surface area contributed by atoms with E-state index in [9.17, 15) is 28.1 Å². The molecule has 1 atom stereocenters. The minimum atomic E-state index is -4.66. The molecular formula is C17H16F3N3O3. The number of alkyl halides is 3. The molecule has 1 fully saturated rings. The van der Waals surface area contributed by atoms with Crippen molar-refractivity contribution in [1.82, 2.24) is 10.4 Å². The summed E-state index contributed by atoms with van der Waals surface area (Å²) in [4.78, 5) is 22.0. The van der Waals surface area contributed by atoms with Gasteiger partial charge in [-0.1, -0.05) is 18.2 Å². The Morgan fingerprint density at radius 1 is 1.27 bits per heavy atom. The van der Waals surface area contributed by atoms with Crippen LogP contribution in [-0.2, 0) is 4.79 Å². The first-order chi connectivity index (χ1) is 12.0. The van der Waals surface area contributed by atoms with Gasteiger partial charge in [0.15, 0.2) is 6.04 Å². The summed E-state index contributed by atoms with van der Waals surface area (Å²) in [5.41, 5.74) is 0.998. The first-order valence-corrected chi connectivity index (χ1v) is 7.83. The third-order valence-electron chi connectivity index (χ3n) is 4.46. The zero-order valence-corrected chi connectivity index (χ0v) is 14.0. The van der Waals surface area contributed by atoms with Crippen molar-refractivity contribution >= 4 is 22.4 Å². The zero-order chi connectivity index (χ0) is 19.3. The van der Waals surface area contributed by atoms with Gasteiger partial charge in [-0.2, -0.15) is 18.2 Å². The van der Waals surface area contributed by atoms with Crippen molar-refractivity contribution < 1.29 is 22.9 Å². The maximum absolute atomic E-state index is 14.0. The fourth-order valence-electron chi connectivity index (χ4n) is 3.33. The van der Waals surface area contributed by atoms with E-state index in [-0.39, 0.29) is 23.1 Å². The Balaban J connectivity index is 2.20. The average Bonchev–Trinajstić information content (AvgIpc) is 2.78. The second-order valence-corrected chi connectivity index (χ2v) is 6.85. The van der Waals surface area contributed by atoms with Gasteiger partial charge < -0.3 is 0 Å². The number of amides is 1. The molecule has 0 aliphatic carbocycles. The molecule has 0 aromatic heterocycles. The fraction of sp³-hybridized carbons (Fsp3) is 0.353. The van der Waals surface area contributed by atoms with E-state index in [2.05, 4.69) is 5.43 Å². The standard InChI is InChI=1S/C17H16F3N3O3/c1-16(2)9-14(24)21-22(16)15(17(18,19)20)13-5-3-4-10-8-11(23(25)26)6-7-12(10)13/h3-8,15H,9H2,1-2H3,(H,21,24). The molecule has 1 aliphatic rings. The molecule has 26 heavy (non-hydrogen) atoms. The molecule has 2 aromatic carbocycles. The van der Waals surface area contributed by atoms with Gasteiger partial charge in [0.25, 0.3) is 5.69 Å². The van der Waals surface area contributed by atoms with Gasteiger partial charge in [-0.05, 0) is 36.2 Å². The van der Waals surface area contributed by atoms with Crippen LogP contribution < -0.4 is 5.43 Å². The Morgan fingerprint density at radius 2 is 1.96 bits per heavy atom. The number of benzene rings is 2. The Hall–Kier alpha value is -2.68. The topological polar surface area (TPSA) is 75.5 Å². The van der Waals surface area contributed by atoms with Crippen LogP contribution in [0, 0.1) is 10.1 Å². The summed E-state index contributed by atoms with van der Waals surface area (Å²) < 4.78 is 41.9. The quantitative estimate of drug-likeness (QED) is 0.660. The highest BCUT2D eigenvalue weighted by molar-refractivity contribution is 5.88. The van der Waals surface area contributed by atoms with E-state index in [0.29, 0.717) is 5.39 Å². The van der Waals surface area contributed by atoms with Crippen LogP contribution in [0.4, 0.5) is 18.9 Å². The van der Waals surface area contributed by atoms with E-state index in [0.717, 1.165) is 5.01 Å². The molecule has 1 saturated heterocycles. The number of fused-ring (bicyclic) bond motifs is 1. The summed E-state index contributed by atoms with van der Waals surface area (Å²) in [5, 5.41) is 12.4. The van der Waals surface area contributed by atoms with Gasteiger partial charge in [-0.3, -0.25) is 20.3 Å². The van der Waals surface area contributed by atoms with Crippen molar-refractivity contribution in [2.24, 2.45) is 0 Å². The maximum atomic E-state index is 14.0. The van der Waals surface area contributed by atoms with Gasteiger partial charge in [0.1, 0.15) is 0 Å². The first kappa shape index (κ1) is 18.1. The molecule has 0 radical (unpaired) electrons. The number of nitrogens with one attached hydrogen (secondary N) is 1. The Kier molecular flexibility index (Phi) is 4.14. The van der Waals surface area contributed by atoms with Crippen molar-refractivity contribution in [1.29, 1.82) is 0 Å². The maximum Gasteiger partial charge on any atom is 0.409 e. The molecule has 1 amide bonds. The predicted octanol–water partition coefficient (Wildman–Crippen LogP) is 3.87. The van der Waals surface area contributed by atoms with Crippen LogP contribution in [0.3, 0.4) is 0 Å². The molecule has 2 aromatic rings. The molecule has 0 saturated carbocycles. The third-order valence-corrected chi connectivity index (χ3v) is 4.46. The van der Waals surface area contributed by atoms with Crippen molar-refractivity contribution in [3.05, 3.63) is 52.1 Å². The van der Waals surface area contributed by atoms with Crippen LogP contribution in [-0.4, -0.2) is 27.6 Å². The van der Waals surface area contributed by atoms with Crippen LogP contribution in [0.15, 0.2) is 36.4 Å². The van der Waals surface area contributed by atoms with Crippen molar-refractivity contribution in [3.63, 3.8) is 0 Å². The van der Waals surface area contributed by atoms with Crippen LogP contribution in [0.5, 0.6) is 0 Å². The van der Waals surface area contributed by atoms with E-state index >= 15 is 0 Å². The van der Waals surface area contributed by atoms with Gasteiger partial charge in [0.05, 0.1) is 4.92 Å². The minimum Gasteiger partial charge on any atom is -0.287 e. The van der Waals surface area contributed by atoms with Crippen LogP contribution in [0.25, 0.3) is 10.8 Å². The minimum absolute atomic E-state index is 0.0597. The van der Waals surface area contributed by atoms with Gasteiger partial charge in [0.2, 0.25) is 5.91 Å². The summed E-state index contributed by atoms with van der Waals surface area (Å²) in [5.74, 6) is -0.486. The Bertz CT molecular complexity index is 896. The molecule has 9 heteroatoms. The third kappa shape index (κ3) is 3.10. The van der Waals surface area contributed by atoms with Crippen molar-refractivity contribution in [3.8, 4) is 0 Å². The number of hydrazine groups is 1. The summed E-state index contributed by atoms with van der Waals surface area (Å²) in [7, 11) is 0. The zero-order valence-electron chi connectivity index (χ0n) is 14.0. The lowest BCUT2D eigenvalue weighted by Crippen LogP contribution is -2.51. The van der Waals surface area contributed by atoms with E-state index < -0.39 is 28.6 Å². The summed E-state index contributed by atoms with van der Waals surface area (Å²) >= 11 is 0. The average molecular weight is 367 g/mol. The number of hydrogen-bond acceptors (Lipinski definition) is 4. The molecule has 3 rings (SSSR count). The van der Waals surface area contributed by atoms with Crippen LogP contribution in [0.2, 0.25) is 0 Å². The summed E-state index contributed by atoms with van der Waals surface area (Å²) in [6.45, 7) is 3.11. The van der Waals surface area contributed by atoms with Crippen molar-refractivity contribution in [2.75, 3.05) is 0 Å². The normalized spacial score (nSPS) is 18.7. The van der Waals surface area contributed by atoms with Gasteiger partial charge >= 0.3 is 6.18 Å². The molecule has 0 spiro atoms. The number of nitrogens with zero attached hydrogens (tertiary/aromatic N) is 2. The number of nitro benzene ring substituents is 1. The number of carbonyl (C=O) groups excluding carboxylic acids is 1. The Labute approximate surface area is 146 Å². The van der Waals surface area contributed by atoms with Crippen LogP contribution in [0.1, 0.15) is 31.9 Å². The first-order valence-electron chi connectivity index (χ1n) is 7.83. The lowest BCUT2D eigenvalue weighted by molar-refractivity contribution is -0.384. The van der Waals surface area contributed by atoms with Gasteiger partial charge in [0, 0.05) is 24.1 Å². The highest BCUT2D eigenvalue weighted by atomic mass is 19.4. The lowest BCUT2D eigenvalue weighted by atomic mass is 9.93. The predicted molar refractivity (Wildman–Crippen MR) is 88.1 cm³/mol. The molecule has 138 valence electrons. The van der Waals surface area contributed by atoms with E-state index in [1.54, 1.807) is 13.8 Å². The number of non-ortho nitro benzene ring substituents is 1. The van der Waals surface area contributed by atoms with Crippen molar-refractivity contribution in [2.45, 2.75) is 38.0 Å². The van der Waals surface area contributed by atoms with E-state index in [1.807, 2.05) is 0 Å². The van der Waals surface area contributed by atoms with Gasteiger partial charge in [-0.25, -0.2) is 0 Å². The van der Waals surface area contributed by atoms with E-state index in [1.165, 1.54) is 36.4 Å². The largest absolute Gasteiger partial charge is 0.409 e. The SMILES string of the molecule is CC1(C)CC(=O)NN1C(c1cccc2cc([N+](=O)[O-])ccc12)C(F)(F)F. The number of nitro groups is 1. The lowest BCUT2D eigenvalue weighted by Gasteiger charge is -2.38. The molecule has 1 heterocycles. The monoisotopic (exact) mass is 367 g/mol. The smallest absolute Gasteiger partial charge is 0.287 e. The number of rotatable bonds is 3. The molecular weight excluding hydrogens is 351 g/mol. The summed E-state index contributed by atoms with van der Waals surface area (Å²) in [6.07, 6.45) is -4.72. The second-order valence-electron chi connectivity index (χ2n) is 6.85. The van der Waals surface area contributed by atoms with E-state index in [4.69, 9.17) is 0 Å². The second kappa shape index (κ2) is 5.94. The molecule has 1 N–H and O–H groups in total. The molecule has 6 nitrogen and oxygen atoms in total. The van der Waals surface area contributed by atoms with Crippen LogP contribution >= 0.6 is 0 Å². The highest BCUT2D eigenvalue weighted by Gasteiger charge is 2.53. The Morgan fingerprint density at radius 3 is 2.50 bits per heavy atom. The number of hydrogen-bond donors (Lipinski definition) is 1.